The van der Waals surface area contributed by atoms with Gasteiger partial charge in [-0.2, -0.15) is 0 Å². The monoisotopic (exact) mass is 359 g/mol. The summed E-state index contributed by atoms with van der Waals surface area (Å²) in [4.78, 5) is 26.5. The molecule has 3 unspecified atom stereocenters. The van der Waals surface area contributed by atoms with Crippen molar-refractivity contribution in [3.8, 4) is 0 Å². The molecular formula is C13H18BrN3O2S. The van der Waals surface area contributed by atoms with Gasteiger partial charge in [-0.1, -0.05) is 6.92 Å². The van der Waals surface area contributed by atoms with Crippen molar-refractivity contribution in [3.63, 3.8) is 0 Å². The number of amides is 2. The summed E-state index contributed by atoms with van der Waals surface area (Å²) in [7, 11) is 0. The molecule has 2 rings (SSSR count). The van der Waals surface area contributed by atoms with E-state index < -0.39 is 0 Å². The zero-order chi connectivity index (χ0) is 14.9. The number of hydrogen-bond acceptors (Lipinski definition) is 5. The zero-order valence-electron chi connectivity index (χ0n) is 11.4. The minimum absolute atomic E-state index is 0.123. The van der Waals surface area contributed by atoms with Crippen LogP contribution in [0, 0.1) is 0 Å². The molecule has 3 atom stereocenters. The normalized spacial score (nSPS) is 23.5. The van der Waals surface area contributed by atoms with Gasteiger partial charge in [-0.15, -0.1) is 11.3 Å². The third kappa shape index (κ3) is 3.11. The average molecular weight is 360 g/mol. The first kappa shape index (κ1) is 15.6. The fraction of sp³-hybridized carbons (Fsp3) is 0.538. The van der Waals surface area contributed by atoms with Crippen LogP contribution in [-0.4, -0.2) is 35.3 Å². The Morgan fingerprint density at radius 2 is 2.30 bits per heavy atom. The summed E-state index contributed by atoms with van der Waals surface area (Å²) in [6.45, 7) is 4.01. The Bertz CT molecular complexity index is 519. The highest BCUT2D eigenvalue weighted by atomic mass is 79.9. The number of rotatable bonds is 4. The van der Waals surface area contributed by atoms with Gasteiger partial charge in [0, 0.05) is 20.8 Å². The molecule has 7 heteroatoms. The molecule has 3 N–H and O–H groups in total. The van der Waals surface area contributed by atoms with E-state index in [4.69, 9.17) is 5.73 Å². The fourth-order valence-electron chi connectivity index (χ4n) is 2.40. The summed E-state index contributed by atoms with van der Waals surface area (Å²) in [5.41, 5.74) is 6.25. The van der Waals surface area contributed by atoms with Crippen molar-refractivity contribution in [1.29, 1.82) is 0 Å². The summed E-state index contributed by atoms with van der Waals surface area (Å²) in [5, 5.41) is 4.35. The Hall–Kier alpha value is -0.760. The predicted molar refractivity (Wildman–Crippen MR) is 82.3 cm³/mol. The van der Waals surface area contributed by atoms with Crippen molar-refractivity contribution in [2.75, 3.05) is 6.54 Å². The number of hydrogen-bond donors (Lipinski definition) is 2. The fourth-order valence-corrected chi connectivity index (χ4v) is 4.04. The summed E-state index contributed by atoms with van der Waals surface area (Å²) >= 11 is 5.03. The van der Waals surface area contributed by atoms with Gasteiger partial charge in [0.15, 0.2) is 0 Å². The van der Waals surface area contributed by atoms with E-state index in [1.54, 1.807) is 18.3 Å². The van der Waals surface area contributed by atoms with Crippen LogP contribution in [0.15, 0.2) is 15.9 Å². The Morgan fingerprint density at radius 1 is 1.60 bits per heavy atom. The maximum atomic E-state index is 11.8. The molecule has 1 aliphatic heterocycles. The highest BCUT2D eigenvalue weighted by Crippen LogP contribution is 2.34. The van der Waals surface area contributed by atoms with E-state index in [2.05, 4.69) is 21.2 Å². The Labute approximate surface area is 130 Å². The molecule has 20 heavy (non-hydrogen) atoms. The van der Waals surface area contributed by atoms with E-state index in [9.17, 15) is 9.59 Å². The van der Waals surface area contributed by atoms with Crippen LogP contribution < -0.4 is 11.1 Å². The SMILES string of the molecule is CCC(N)C(c1cc(Br)cs1)N1CC(=O)NC(=O)C1C. The highest BCUT2D eigenvalue weighted by Gasteiger charge is 2.38. The van der Waals surface area contributed by atoms with E-state index in [1.807, 2.05) is 23.3 Å². The molecule has 1 aromatic heterocycles. The lowest BCUT2D eigenvalue weighted by Crippen LogP contribution is -2.59. The first-order valence-electron chi connectivity index (χ1n) is 6.53. The molecule has 0 radical (unpaired) electrons. The molecule has 0 aliphatic carbocycles. The van der Waals surface area contributed by atoms with Crippen LogP contribution in [0.1, 0.15) is 31.2 Å². The number of carbonyl (C=O) groups excluding carboxylic acids is 2. The topological polar surface area (TPSA) is 75.4 Å². The van der Waals surface area contributed by atoms with E-state index in [0.29, 0.717) is 0 Å². The van der Waals surface area contributed by atoms with Crippen LogP contribution in [0.4, 0.5) is 0 Å². The molecule has 0 bridgehead atoms. The lowest BCUT2D eigenvalue weighted by molar-refractivity contribution is -0.141. The van der Waals surface area contributed by atoms with Gasteiger partial charge in [-0.25, -0.2) is 0 Å². The molecule has 2 heterocycles. The second-order valence-corrected chi connectivity index (χ2v) is 6.80. The van der Waals surface area contributed by atoms with Crippen LogP contribution in [0.5, 0.6) is 0 Å². The van der Waals surface area contributed by atoms with Crippen molar-refractivity contribution in [3.05, 3.63) is 20.8 Å². The number of thiophene rings is 1. The molecule has 1 aliphatic rings. The molecule has 2 amide bonds. The quantitative estimate of drug-likeness (QED) is 0.801. The van der Waals surface area contributed by atoms with Crippen molar-refractivity contribution in [2.45, 2.75) is 38.4 Å². The minimum atomic E-state index is -0.365. The van der Waals surface area contributed by atoms with Crippen LogP contribution in [-0.2, 0) is 9.59 Å². The van der Waals surface area contributed by atoms with Gasteiger partial charge in [-0.3, -0.25) is 19.8 Å². The molecule has 1 aromatic rings. The Kier molecular flexibility index (Phi) is 4.95. The number of imide groups is 1. The van der Waals surface area contributed by atoms with Crippen molar-refractivity contribution in [1.82, 2.24) is 10.2 Å². The molecule has 5 nitrogen and oxygen atoms in total. The number of nitrogens with zero attached hydrogens (tertiary/aromatic N) is 1. The van der Waals surface area contributed by atoms with E-state index in [-0.39, 0.29) is 36.5 Å². The standard InChI is InChI=1S/C13H18BrN3O2S/c1-3-9(15)12(10-4-8(14)6-20-10)17-5-11(18)16-13(19)7(17)2/h4,6-7,9,12H,3,5,15H2,1-2H3,(H,16,18,19). The zero-order valence-corrected chi connectivity index (χ0v) is 13.8. The minimum Gasteiger partial charge on any atom is -0.326 e. The highest BCUT2D eigenvalue weighted by molar-refractivity contribution is 9.10. The van der Waals surface area contributed by atoms with E-state index in [0.717, 1.165) is 15.8 Å². The number of carbonyl (C=O) groups is 2. The lowest BCUT2D eigenvalue weighted by Gasteiger charge is -2.40. The van der Waals surface area contributed by atoms with Crippen molar-refractivity contribution < 1.29 is 9.59 Å². The largest absolute Gasteiger partial charge is 0.326 e. The number of nitrogens with two attached hydrogens (primary N) is 1. The van der Waals surface area contributed by atoms with E-state index >= 15 is 0 Å². The number of halogens is 1. The van der Waals surface area contributed by atoms with Crippen LogP contribution in [0.25, 0.3) is 0 Å². The summed E-state index contributed by atoms with van der Waals surface area (Å²) in [5.74, 6) is -0.526. The predicted octanol–water partition coefficient (Wildman–Crippen LogP) is 1.64. The third-order valence-electron chi connectivity index (χ3n) is 3.58. The van der Waals surface area contributed by atoms with Gasteiger partial charge in [-0.05, 0) is 35.3 Å². The molecule has 1 fully saturated rings. The summed E-state index contributed by atoms with van der Waals surface area (Å²) < 4.78 is 0.992. The van der Waals surface area contributed by atoms with E-state index in [1.165, 1.54) is 0 Å². The second kappa shape index (κ2) is 6.34. The molecule has 110 valence electrons. The van der Waals surface area contributed by atoms with Crippen molar-refractivity contribution in [2.24, 2.45) is 5.73 Å². The second-order valence-electron chi connectivity index (χ2n) is 4.94. The van der Waals surface area contributed by atoms with Gasteiger partial charge in [0.2, 0.25) is 11.8 Å². The molecule has 0 spiro atoms. The first-order chi connectivity index (χ1) is 9.43. The summed E-state index contributed by atoms with van der Waals surface area (Å²) in [6, 6.07) is 1.40. The maximum absolute atomic E-state index is 11.8. The Balaban J connectivity index is 2.35. The number of nitrogens with one attached hydrogen (secondary N) is 1. The van der Waals surface area contributed by atoms with Gasteiger partial charge >= 0.3 is 0 Å². The third-order valence-corrected chi connectivity index (χ3v) is 5.34. The van der Waals surface area contributed by atoms with Crippen molar-refractivity contribution >= 4 is 39.1 Å². The van der Waals surface area contributed by atoms with Gasteiger partial charge < -0.3 is 5.73 Å². The van der Waals surface area contributed by atoms with Gasteiger partial charge in [0.25, 0.3) is 0 Å². The molecule has 0 aromatic carbocycles. The lowest BCUT2D eigenvalue weighted by atomic mass is 9.99. The van der Waals surface area contributed by atoms with Crippen LogP contribution >= 0.6 is 27.3 Å². The van der Waals surface area contributed by atoms with Gasteiger partial charge in [0.1, 0.15) is 0 Å². The smallest absolute Gasteiger partial charge is 0.243 e. The Morgan fingerprint density at radius 3 is 2.85 bits per heavy atom. The van der Waals surface area contributed by atoms with Gasteiger partial charge in [0.05, 0.1) is 18.6 Å². The van der Waals surface area contributed by atoms with Crippen LogP contribution in [0.2, 0.25) is 0 Å². The van der Waals surface area contributed by atoms with Crippen LogP contribution in [0.3, 0.4) is 0 Å². The molecule has 0 saturated carbocycles. The average Bonchev–Trinajstić information content (AvgIpc) is 2.81. The number of piperazine rings is 1. The maximum Gasteiger partial charge on any atom is 0.243 e. The molecule has 1 saturated heterocycles. The first-order valence-corrected chi connectivity index (χ1v) is 8.20. The summed E-state index contributed by atoms with van der Waals surface area (Å²) in [6.07, 6.45) is 0.777. The molecular weight excluding hydrogens is 342 g/mol.